The molecule has 0 aliphatic heterocycles. The minimum atomic E-state index is -4.65. The summed E-state index contributed by atoms with van der Waals surface area (Å²) in [5.41, 5.74) is -1.14. The molecule has 166 valence electrons. The van der Waals surface area contributed by atoms with E-state index in [0.29, 0.717) is 5.69 Å². The zero-order valence-corrected chi connectivity index (χ0v) is 17.2. The standard InChI is InChI=1S/C21H17F5N6/c1-12-4-6-31(29-12)18-10-13(22)8-16(27-18)20(2,3)17-9-14(23)11-19(28-17)32-7-5-15(30-32)21(24,25)26/h4-11H,1-3H3. The number of halogens is 5. The van der Waals surface area contributed by atoms with Gasteiger partial charge in [0.2, 0.25) is 0 Å². The molecule has 6 nitrogen and oxygen atoms in total. The lowest BCUT2D eigenvalue weighted by molar-refractivity contribution is -0.141. The minimum absolute atomic E-state index is 0.136. The van der Waals surface area contributed by atoms with Gasteiger partial charge in [0.05, 0.1) is 17.1 Å². The van der Waals surface area contributed by atoms with Crippen molar-refractivity contribution in [2.24, 2.45) is 0 Å². The molecule has 4 aromatic rings. The van der Waals surface area contributed by atoms with Crippen LogP contribution in [0.15, 0.2) is 48.8 Å². The molecule has 0 atom stereocenters. The summed E-state index contributed by atoms with van der Waals surface area (Å²) in [4.78, 5) is 8.75. The number of rotatable bonds is 4. The van der Waals surface area contributed by atoms with Crippen molar-refractivity contribution < 1.29 is 22.0 Å². The third-order valence-electron chi connectivity index (χ3n) is 4.91. The number of hydrogen-bond acceptors (Lipinski definition) is 4. The molecule has 11 heteroatoms. The van der Waals surface area contributed by atoms with Crippen LogP contribution in [0.25, 0.3) is 11.6 Å². The highest BCUT2D eigenvalue weighted by molar-refractivity contribution is 5.37. The lowest BCUT2D eigenvalue weighted by Gasteiger charge is -2.25. The smallest absolute Gasteiger partial charge is 0.233 e. The van der Waals surface area contributed by atoms with Crippen LogP contribution < -0.4 is 0 Å². The van der Waals surface area contributed by atoms with Gasteiger partial charge in [-0.15, -0.1) is 0 Å². The molecular formula is C21H17F5N6. The molecule has 0 spiro atoms. The predicted octanol–water partition coefficient (Wildman–Crippen LogP) is 4.78. The molecule has 0 unspecified atom stereocenters. The van der Waals surface area contributed by atoms with Crippen molar-refractivity contribution in [2.75, 3.05) is 0 Å². The van der Waals surface area contributed by atoms with Crippen LogP contribution in [0.4, 0.5) is 22.0 Å². The van der Waals surface area contributed by atoms with Gasteiger partial charge >= 0.3 is 6.18 Å². The summed E-state index contributed by atoms with van der Waals surface area (Å²) in [6, 6.07) is 6.99. The average Bonchev–Trinajstić information content (AvgIpc) is 3.36. The Hall–Kier alpha value is -3.63. The molecule has 32 heavy (non-hydrogen) atoms. The topological polar surface area (TPSA) is 61.4 Å². The van der Waals surface area contributed by atoms with Crippen LogP contribution in [0.1, 0.15) is 36.6 Å². The maximum absolute atomic E-state index is 14.4. The van der Waals surface area contributed by atoms with E-state index in [1.165, 1.54) is 16.8 Å². The number of aryl methyl sites for hydroxylation is 1. The molecule has 4 heterocycles. The number of alkyl halides is 3. The first kappa shape index (κ1) is 21.6. The van der Waals surface area contributed by atoms with Crippen LogP contribution in [-0.4, -0.2) is 29.5 Å². The Balaban J connectivity index is 1.78. The average molecular weight is 448 g/mol. The normalized spacial score (nSPS) is 12.4. The van der Waals surface area contributed by atoms with Gasteiger partial charge in [0.25, 0.3) is 0 Å². The minimum Gasteiger partial charge on any atom is -0.233 e. The molecule has 4 aromatic heterocycles. The summed E-state index contributed by atoms with van der Waals surface area (Å²) in [5, 5.41) is 7.65. The highest BCUT2D eigenvalue weighted by Crippen LogP contribution is 2.32. The third kappa shape index (κ3) is 4.10. The Morgan fingerprint density at radius 2 is 1.22 bits per heavy atom. The first-order valence-electron chi connectivity index (χ1n) is 9.45. The molecule has 0 amide bonds. The van der Waals surface area contributed by atoms with Gasteiger partial charge in [-0.1, -0.05) is 0 Å². The van der Waals surface area contributed by atoms with Gasteiger partial charge in [-0.25, -0.2) is 28.1 Å². The van der Waals surface area contributed by atoms with Crippen molar-refractivity contribution in [3.8, 4) is 11.6 Å². The van der Waals surface area contributed by atoms with Crippen LogP contribution >= 0.6 is 0 Å². The Morgan fingerprint density at radius 3 is 1.66 bits per heavy atom. The molecule has 0 saturated heterocycles. The van der Waals surface area contributed by atoms with Crippen molar-refractivity contribution in [2.45, 2.75) is 32.4 Å². The summed E-state index contributed by atoms with van der Waals surface area (Å²) in [6.45, 7) is 5.09. The second kappa shape index (κ2) is 7.50. The van der Waals surface area contributed by atoms with Gasteiger partial charge in [-0.2, -0.15) is 23.4 Å². The monoisotopic (exact) mass is 448 g/mol. The van der Waals surface area contributed by atoms with Gasteiger partial charge in [0, 0.05) is 29.9 Å². The number of hydrogen-bond donors (Lipinski definition) is 0. The van der Waals surface area contributed by atoms with E-state index in [2.05, 4.69) is 20.2 Å². The summed E-state index contributed by atoms with van der Waals surface area (Å²) in [7, 11) is 0. The van der Waals surface area contributed by atoms with Crippen LogP contribution in [0.5, 0.6) is 0 Å². The molecule has 4 rings (SSSR count). The van der Waals surface area contributed by atoms with Gasteiger partial charge in [0.1, 0.15) is 11.6 Å². The molecule has 0 aliphatic rings. The molecule has 0 radical (unpaired) electrons. The highest BCUT2D eigenvalue weighted by atomic mass is 19.4. The summed E-state index contributed by atoms with van der Waals surface area (Å²) in [6.07, 6.45) is -1.98. The van der Waals surface area contributed by atoms with E-state index in [-0.39, 0.29) is 23.0 Å². The number of pyridine rings is 2. The van der Waals surface area contributed by atoms with Gasteiger partial charge in [-0.05, 0) is 45.0 Å². The Morgan fingerprint density at radius 1 is 0.719 bits per heavy atom. The van der Waals surface area contributed by atoms with E-state index in [1.54, 1.807) is 33.0 Å². The van der Waals surface area contributed by atoms with Crippen LogP contribution in [0.2, 0.25) is 0 Å². The van der Waals surface area contributed by atoms with Crippen molar-refractivity contribution in [3.63, 3.8) is 0 Å². The van der Waals surface area contributed by atoms with Crippen molar-refractivity contribution in [1.82, 2.24) is 29.5 Å². The molecule has 0 N–H and O–H groups in total. The van der Waals surface area contributed by atoms with Gasteiger partial charge in [-0.3, -0.25) is 0 Å². The van der Waals surface area contributed by atoms with Crippen LogP contribution in [-0.2, 0) is 11.6 Å². The second-order valence-electron chi connectivity index (χ2n) is 7.73. The Bertz CT molecular complexity index is 1290. The van der Waals surface area contributed by atoms with Crippen LogP contribution in [0, 0.1) is 18.6 Å². The Kier molecular flexibility index (Phi) is 5.06. The van der Waals surface area contributed by atoms with Crippen molar-refractivity contribution in [1.29, 1.82) is 0 Å². The fourth-order valence-electron chi connectivity index (χ4n) is 3.12. The first-order valence-corrected chi connectivity index (χ1v) is 9.45. The van der Waals surface area contributed by atoms with Gasteiger partial charge < -0.3 is 0 Å². The van der Waals surface area contributed by atoms with Crippen molar-refractivity contribution in [3.05, 3.63) is 83.2 Å². The van der Waals surface area contributed by atoms with Crippen LogP contribution in [0.3, 0.4) is 0 Å². The van der Waals surface area contributed by atoms with E-state index < -0.39 is 28.9 Å². The summed E-state index contributed by atoms with van der Waals surface area (Å²) < 4.78 is 69.7. The molecule has 0 saturated carbocycles. The number of aromatic nitrogens is 6. The molecule has 0 aromatic carbocycles. The van der Waals surface area contributed by atoms with E-state index >= 15 is 0 Å². The molecular weight excluding hydrogens is 431 g/mol. The quantitative estimate of drug-likeness (QED) is 0.422. The molecule has 0 aliphatic carbocycles. The largest absolute Gasteiger partial charge is 0.435 e. The van der Waals surface area contributed by atoms with E-state index in [0.717, 1.165) is 29.1 Å². The van der Waals surface area contributed by atoms with Gasteiger partial charge in [0.15, 0.2) is 17.3 Å². The lowest BCUT2D eigenvalue weighted by atomic mass is 9.84. The highest BCUT2D eigenvalue weighted by Gasteiger charge is 2.34. The summed E-state index contributed by atoms with van der Waals surface area (Å²) in [5.74, 6) is -1.24. The summed E-state index contributed by atoms with van der Waals surface area (Å²) >= 11 is 0. The molecule has 0 bridgehead atoms. The number of nitrogens with zero attached hydrogens (tertiary/aromatic N) is 6. The fourth-order valence-corrected chi connectivity index (χ4v) is 3.12. The maximum atomic E-state index is 14.4. The SMILES string of the molecule is Cc1ccn(-c2cc(F)cc(C(C)(C)c3cc(F)cc(-n4ccc(C(F)(F)F)n4)n3)n2)n1. The Labute approximate surface area is 179 Å². The third-order valence-corrected chi connectivity index (χ3v) is 4.91. The fraction of sp³-hybridized carbons (Fsp3) is 0.238. The van der Waals surface area contributed by atoms with Crippen molar-refractivity contribution >= 4 is 0 Å². The first-order chi connectivity index (χ1) is 14.9. The van der Waals surface area contributed by atoms with E-state index in [4.69, 9.17) is 0 Å². The second-order valence-corrected chi connectivity index (χ2v) is 7.73. The maximum Gasteiger partial charge on any atom is 0.435 e. The molecule has 0 fully saturated rings. The predicted molar refractivity (Wildman–Crippen MR) is 105 cm³/mol. The van der Waals surface area contributed by atoms with E-state index in [9.17, 15) is 22.0 Å². The zero-order valence-electron chi connectivity index (χ0n) is 17.2. The lowest BCUT2D eigenvalue weighted by Crippen LogP contribution is -2.24. The van der Waals surface area contributed by atoms with E-state index in [1.807, 2.05) is 0 Å². The zero-order chi connectivity index (χ0) is 23.3.